The molecular weight excluding hydrogens is 452 g/mol. The van der Waals surface area contributed by atoms with Crippen LogP contribution < -0.4 is 0 Å². The maximum atomic E-state index is 6.47. The second-order valence-corrected chi connectivity index (χ2v) is 7.53. The van der Waals surface area contributed by atoms with Crippen molar-refractivity contribution in [3.05, 3.63) is 52.3 Å². The Hall–Kier alpha value is 0.500. The second kappa shape index (κ2) is 6.10. The summed E-state index contributed by atoms with van der Waals surface area (Å²) in [7, 11) is 0. The molecule has 22 heavy (non-hydrogen) atoms. The first-order chi connectivity index (χ1) is 10.3. The standard InChI is InChI=1S/C14H2Cl8/c15-5-1-3-7(13(21)11(5)19)10(18)4-2-6(16)12(20)14(22)8(4)9(3)17/h1-2H. The molecule has 0 aliphatic heterocycles. The van der Waals surface area contributed by atoms with Crippen LogP contribution in [0.4, 0.5) is 0 Å². The van der Waals surface area contributed by atoms with Crippen LogP contribution in [0.15, 0.2) is 12.1 Å². The summed E-state index contributed by atoms with van der Waals surface area (Å²) in [4.78, 5) is 0. The summed E-state index contributed by atoms with van der Waals surface area (Å²) < 4.78 is 0. The molecule has 3 aromatic carbocycles. The Bertz CT molecular complexity index is 882. The fraction of sp³-hybridized carbons (Fsp3) is 0. The first-order valence-electron chi connectivity index (χ1n) is 5.67. The van der Waals surface area contributed by atoms with Gasteiger partial charge in [0.25, 0.3) is 0 Å². The molecule has 3 rings (SSSR count). The topological polar surface area (TPSA) is 0 Å². The molecule has 0 bridgehead atoms. The van der Waals surface area contributed by atoms with E-state index in [4.69, 9.17) is 92.8 Å². The molecule has 0 amide bonds. The fourth-order valence-corrected chi connectivity index (χ4v) is 4.42. The second-order valence-electron chi connectivity index (χ2n) is 4.45. The van der Waals surface area contributed by atoms with E-state index >= 15 is 0 Å². The van der Waals surface area contributed by atoms with Crippen molar-refractivity contribution in [3.63, 3.8) is 0 Å². The number of fused-ring (bicyclic) bond motifs is 2. The van der Waals surface area contributed by atoms with Gasteiger partial charge in [0.15, 0.2) is 0 Å². The molecule has 0 N–H and O–H groups in total. The van der Waals surface area contributed by atoms with E-state index in [0.717, 1.165) is 0 Å². The van der Waals surface area contributed by atoms with E-state index in [1.165, 1.54) is 0 Å². The molecular formula is C14H2Cl8. The van der Waals surface area contributed by atoms with Crippen LogP contribution in [0.3, 0.4) is 0 Å². The zero-order valence-electron chi connectivity index (χ0n) is 10.2. The molecule has 0 aliphatic carbocycles. The average Bonchev–Trinajstić information content (AvgIpc) is 2.47. The molecule has 0 atom stereocenters. The molecule has 0 spiro atoms. The van der Waals surface area contributed by atoms with E-state index < -0.39 is 0 Å². The van der Waals surface area contributed by atoms with Gasteiger partial charge in [0, 0.05) is 21.5 Å². The Morgan fingerprint density at radius 2 is 0.727 bits per heavy atom. The molecule has 8 heteroatoms. The monoisotopic (exact) mass is 450 g/mol. The van der Waals surface area contributed by atoms with E-state index in [0.29, 0.717) is 31.6 Å². The Morgan fingerprint density at radius 3 is 1.05 bits per heavy atom. The van der Waals surface area contributed by atoms with E-state index in [-0.39, 0.29) is 30.1 Å². The fourth-order valence-electron chi connectivity index (χ4n) is 2.23. The van der Waals surface area contributed by atoms with Crippen LogP contribution in [0.5, 0.6) is 0 Å². The van der Waals surface area contributed by atoms with Crippen molar-refractivity contribution in [3.8, 4) is 0 Å². The molecule has 0 aliphatic rings. The number of hydrogen-bond donors (Lipinski definition) is 0. The van der Waals surface area contributed by atoms with Crippen molar-refractivity contribution in [1.82, 2.24) is 0 Å². The predicted molar refractivity (Wildman–Crippen MR) is 102 cm³/mol. The van der Waals surface area contributed by atoms with Gasteiger partial charge >= 0.3 is 0 Å². The molecule has 0 saturated heterocycles. The summed E-state index contributed by atoms with van der Waals surface area (Å²) in [6.45, 7) is 0. The van der Waals surface area contributed by atoms with Crippen molar-refractivity contribution in [1.29, 1.82) is 0 Å². The maximum Gasteiger partial charge on any atom is 0.0785 e. The smallest absolute Gasteiger partial charge is 0.0785 e. The molecule has 0 fully saturated rings. The van der Waals surface area contributed by atoms with Crippen LogP contribution in [-0.2, 0) is 0 Å². The van der Waals surface area contributed by atoms with Gasteiger partial charge < -0.3 is 0 Å². The van der Waals surface area contributed by atoms with Crippen LogP contribution in [0, 0.1) is 0 Å². The largest absolute Gasteiger partial charge is 0.0829 e. The lowest BCUT2D eigenvalue weighted by Gasteiger charge is -2.15. The molecule has 0 unspecified atom stereocenters. The lowest BCUT2D eigenvalue weighted by Crippen LogP contribution is -1.87. The van der Waals surface area contributed by atoms with E-state index in [1.54, 1.807) is 12.1 Å². The maximum absolute atomic E-state index is 6.47. The van der Waals surface area contributed by atoms with Crippen LogP contribution in [0.2, 0.25) is 40.2 Å². The number of halogens is 8. The minimum atomic E-state index is 0.194. The molecule has 114 valence electrons. The van der Waals surface area contributed by atoms with E-state index in [1.807, 2.05) is 0 Å². The van der Waals surface area contributed by atoms with Gasteiger partial charge in [-0.3, -0.25) is 0 Å². The Kier molecular flexibility index (Phi) is 4.80. The lowest BCUT2D eigenvalue weighted by atomic mass is 10.0. The molecule has 0 saturated carbocycles. The highest BCUT2D eigenvalue weighted by Crippen LogP contribution is 2.50. The minimum absolute atomic E-state index is 0.194. The zero-order chi connectivity index (χ0) is 16.3. The van der Waals surface area contributed by atoms with E-state index in [9.17, 15) is 0 Å². The van der Waals surface area contributed by atoms with Crippen LogP contribution in [0.1, 0.15) is 0 Å². The minimum Gasteiger partial charge on any atom is -0.0829 e. The molecule has 0 heterocycles. The van der Waals surface area contributed by atoms with Gasteiger partial charge in [0.05, 0.1) is 40.2 Å². The van der Waals surface area contributed by atoms with Crippen molar-refractivity contribution < 1.29 is 0 Å². The van der Waals surface area contributed by atoms with Crippen molar-refractivity contribution in [2.45, 2.75) is 0 Å². The van der Waals surface area contributed by atoms with Crippen LogP contribution >= 0.6 is 92.8 Å². The normalized spacial score (nSPS) is 11.6. The third-order valence-electron chi connectivity index (χ3n) is 3.24. The Labute approximate surface area is 165 Å². The average molecular weight is 454 g/mol. The summed E-state index contributed by atoms with van der Waals surface area (Å²) in [6, 6.07) is 3.16. The number of hydrogen-bond acceptors (Lipinski definition) is 0. The number of rotatable bonds is 0. The van der Waals surface area contributed by atoms with Crippen LogP contribution in [0.25, 0.3) is 21.5 Å². The SMILES string of the molecule is Clc1cc2c(Cl)c3c(Cl)c(Cl)c(Cl)cc3c(Cl)c2c(Cl)c1Cl. The van der Waals surface area contributed by atoms with Gasteiger partial charge in [-0.1, -0.05) is 92.8 Å². The summed E-state index contributed by atoms with van der Waals surface area (Å²) in [5, 5.41) is 3.96. The summed E-state index contributed by atoms with van der Waals surface area (Å²) in [5.41, 5.74) is 0. The molecule has 3 aromatic rings. The molecule has 0 nitrogen and oxygen atoms in total. The first-order valence-corrected chi connectivity index (χ1v) is 8.69. The first kappa shape index (κ1) is 17.3. The quantitative estimate of drug-likeness (QED) is 0.235. The molecule has 0 aromatic heterocycles. The van der Waals surface area contributed by atoms with Gasteiger partial charge in [0.1, 0.15) is 0 Å². The highest BCUT2D eigenvalue weighted by Gasteiger charge is 2.21. The third-order valence-corrected chi connectivity index (χ3v) is 6.55. The van der Waals surface area contributed by atoms with Crippen LogP contribution in [-0.4, -0.2) is 0 Å². The molecule has 0 radical (unpaired) electrons. The van der Waals surface area contributed by atoms with Crippen molar-refractivity contribution in [2.24, 2.45) is 0 Å². The zero-order valence-corrected chi connectivity index (χ0v) is 16.2. The Balaban J connectivity index is 2.71. The van der Waals surface area contributed by atoms with E-state index in [2.05, 4.69) is 0 Å². The number of benzene rings is 3. The van der Waals surface area contributed by atoms with Gasteiger partial charge in [-0.25, -0.2) is 0 Å². The summed E-state index contributed by atoms with van der Waals surface area (Å²) >= 11 is 49.8. The van der Waals surface area contributed by atoms with Gasteiger partial charge in [-0.2, -0.15) is 0 Å². The van der Waals surface area contributed by atoms with Gasteiger partial charge in [0.2, 0.25) is 0 Å². The third kappa shape index (κ3) is 2.44. The summed E-state index contributed by atoms with van der Waals surface area (Å²) in [5.74, 6) is 0. The summed E-state index contributed by atoms with van der Waals surface area (Å²) in [6.07, 6.45) is 0. The van der Waals surface area contributed by atoms with Gasteiger partial charge in [-0.15, -0.1) is 0 Å². The van der Waals surface area contributed by atoms with Crippen molar-refractivity contribution in [2.75, 3.05) is 0 Å². The lowest BCUT2D eigenvalue weighted by molar-refractivity contribution is 1.75. The van der Waals surface area contributed by atoms with Gasteiger partial charge in [-0.05, 0) is 12.1 Å². The highest BCUT2D eigenvalue weighted by atomic mass is 35.5. The predicted octanol–water partition coefficient (Wildman–Crippen LogP) is 9.22. The Morgan fingerprint density at radius 1 is 0.409 bits per heavy atom. The highest BCUT2D eigenvalue weighted by molar-refractivity contribution is 6.58. The van der Waals surface area contributed by atoms with Crippen molar-refractivity contribution >= 4 is 114 Å².